The molecular weight excluding hydrogens is 146 g/mol. The molecule has 0 aromatic heterocycles. The lowest BCUT2D eigenvalue weighted by Crippen LogP contribution is -2.04. The summed E-state index contributed by atoms with van der Waals surface area (Å²) in [5.41, 5.74) is 4.53. The number of hydrogen-bond acceptors (Lipinski definition) is 2. The van der Waals surface area contributed by atoms with Crippen molar-refractivity contribution in [3.8, 4) is 0 Å². The first kappa shape index (κ1) is 12.4. The molecule has 0 aromatic rings. The van der Waals surface area contributed by atoms with Crippen LogP contribution in [-0.4, -0.2) is 17.0 Å². The number of carboxylic acids is 1. The maximum absolute atomic E-state index is 9.60. The largest absolute Gasteiger partial charge is 0.481 e. The van der Waals surface area contributed by atoms with E-state index >= 15 is 0 Å². The number of carboxylic acid groups (broad SMARTS) is 1. The van der Waals surface area contributed by atoms with Crippen LogP contribution in [0.3, 0.4) is 0 Å². The standard InChI is InChI=1S/C4H8O2.C3H5NO/c1-2-3-4(5)6;1-2-3(4)5/h2-3H2,1H3,(H,5,6);2H,1H2,(H2,4,5). The lowest BCUT2D eigenvalue weighted by molar-refractivity contribution is -0.137. The zero-order chi connectivity index (χ0) is 9.28. The molecule has 3 N–H and O–H groups in total. The van der Waals surface area contributed by atoms with Crippen LogP contribution in [0.15, 0.2) is 12.7 Å². The van der Waals surface area contributed by atoms with Gasteiger partial charge in [0.25, 0.3) is 0 Å². The quantitative estimate of drug-likeness (QED) is 0.589. The van der Waals surface area contributed by atoms with Gasteiger partial charge >= 0.3 is 5.97 Å². The third-order valence-corrected chi connectivity index (χ3v) is 0.665. The highest BCUT2D eigenvalue weighted by Gasteiger charge is 1.87. The molecule has 0 spiro atoms. The highest BCUT2D eigenvalue weighted by atomic mass is 16.4. The first-order chi connectivity index (χ1) is 5.04. The second-order valence-electron chi connectivity index (χ2n) is 1.75. The van der Waals surface area contributed by atoms with Gasteiger partial charge in [-0.15, -0.1) is 0 Å². The number of amides is 1. The highest BCUT2D eigenvalue weighted by molar-refractivity contribution is 5.84. The Balaban J connectivity index is 0. The molecule has 4 heteroatoms. The van der Waals surface area contributed by atoms with Gasteiger partial charge in [-0.3, -0.25) is 9.59 Å². The summed E-state index contributed by atoms with van der Waals surface area (Å²) in [6, 6.07) is 0. The second kappa shape index (κ2) is 8.68. The summed E-state index contributed by atoms with van der Waals surface area (Å²) < 4.78 is 0. The minimum absolute atomic E-state index is 0.292. The smallest absolute Gasteiger partial charge is 0.303 e. The average Bonchev–Trinajstić information content (AvgIpc) is 1.89. The van der Waals surface area contributed by atoms with E-state index in [0.29, 0.717) is 6.42 Å². The van der Waals surface area contributed by atoms with Crippen LogP contribution in [0, 0.1) is 0 Å². The van der Waals surface area contributed by atoms with E-state index in [1.807, 2.05) is 6.92 Å². The van der Waals surface area contributed by atoms with E-state index in [1.165, 1.54) is 0 Å². The fourth-order valence-corrected chi connectivity index (χ4v) is 0.214. The number of primary amides is 1. The molecule has 0 aliphatic rings. The SMILES string of the molecule is C=CC(N)=O.CCCC(=O)O. The van der Waals surface area contributed by atoms with Crippen molar-refractivity contribution >= 4 is 11.9 Å². The summed E-state index contributed by atoms with van der Waals surface area (Å²) in [5.74, 6) is -1.19. The molecule has 64 valence electrons. The van der Waals surface area contributed by atoms with Crippen molar-refractivity contribution in [3.05, 3.63) is 12.7 Å². The fourth-order valence-electron chi connectivity index (χ4n) is 0.214. The Hall–Kier alpha value is -1.32. The zero-order valence-electron chi connectivity index (χ0n) is 6.54. The molecule has 0 aliphatic carbocycles. The topological polar surface area (TPSA) is 80.4 Å². The van der Waals surface area contributed by atoms with Crippen LogP contribution in [0.4, 0.5) is 0 Å². The average molecular weight is 159 g/mol. The Labute approximate surface area is 65.7 Å². The number of carbonyl (C=O) groups is 2. The van der Waals surface area contributed by atoms with Crippen LogP contribution in [-0.2, 0) is 9.59 Å². The van der Waals surface area contributed by atoms with Gasteiger partial charge in [0, 0.05) is 6.42 Å². The second-order valence-corrected chi connectivity index (χ2v) is 1.75. The molecule has 0 atom stereocenters. The van der Waals surface area contributed by atoms with E-state index in [1.54, 1.807) is 0 Å². The number of nitrogens with two attached hydrogens (primary N) is 1. The molecule has 1 amide bonds. The number of carbonyl (C=O) groups excluding carboxylic acids is 1. The fraction of sp³-hybridized carbons (Fsp3) is 0.429. The molecule has 0 rings (SSSR count). The maximum Gasteiger partial charge on any atom is 0.303 e. The molecule has 0 bridgehead atoms. The lowest BCUT2D eigenvalue weighted by Gasteiger charge is -1.79. The predicted octanol–water partition coefficient (Wildman–Crippen LogP) is 0.529. The Morgan fingerprint density at radius 1 is 1.64 bits per heavy atom. The summed E-state index contributed by atoms with van der Waals surface area (Å²) >= 11 is 0. The Kier molecular flexibility index (Phi) is 9.76. The summed E-state index contributed by atoms with van der Waals surface area (Å²) in [5, 5.41) is 7.91. The highest BCUT2D eigenvalue weighted by Crippen LogP contribution is 1.82. The van der Waals surface area contributed by atoms with Crippen LogP contribution in [0.5, 0.6) is 0 Å². The maximum atomic E-state index is 9.60. The van der Waals surface area contributed by atoms with Crippen molar-refractivity contribution in [1.82, 2.24) is 0 Å². The minimum Gasteiger partial charge on any atom is -0.481 e. The van der Waals surface area contributed by atoms with Crippen molar-refractivity contribution in [2.24, 2.45) is 5.73 Å². The van der Waals surface area contributed by atoms with Gasteiger partial charge in [0.05, 0.1) is 0 Å². The van der Waals surface area contributed by atoms with Gasteiger partial charge in [-0.2, -0.15) is 0 Å². The van der Waals surface area contributed by atoms with Gasteiger partial charge in [0.2, 0.25) is 5.91 Å². The third-order valence-electron chi connectivity index (χ3n) is 0.665. The molecule has 0 radical (unpaired) electrons. The summed E-state index contributed by atoms with van der Waals surface area (Å²) in [6.45, 7) is 4.93. The van der Waals surface area contributed by atoms with Gasteiger partial charge in [-0.05, 0) is 12.5 Å². The lowest BCUT2D eigenvalue weighted by atomic mass is 10.4. The van der Waals surface area contributed by atoms with E-state index in [9.17, 15) is 9.59 Å². The Bertz CT molecular complexity index is 143. The van der Waals surface area contributed by atoms with Gasteiger partial charge in [0.15, 0.2) is 0 Å². The molecule has 0 saturated carbocycles. The normalized spacial score (nSPS) is 7.36. The summed E-state index contributed by atoms with van der Waals surface area (Å²) in [7, 11) is 0. The first-order valence-electron chi connectivity index (χ1n) is 3.18. The molecular formula is C7H13NO3. The van der Waals surface area contributed by atoms with Crippen LogP contribution >= 0.6 is 0 Å². The van der Waals surface area contributed by atoms with Crippen LogP contribution in [0.2, 0.25) is 0 Å². The van der Waals surface area contributed by atoms with Gasteiger partial charge in [0.1, 0.15) is 0 Å². The van der Waals surface area contributed by atoms with Gasteiger partial charge in [-0.1, -0.05) is 13.5 Å². The van der Waals surface area contributed by atoms with E-state index in [2.05, 4.69) is 12.3 Å². The van der Waals surface area contributed by atoms with Crippen molar-refractivity contribution in [3.63, 3.8) is 0 Å². The molecule has 0 aromatic carbocycles. The van der Waals surface area contributed by atoms with Crippen molar-refractivity contribution in [2.75, 3.05) is 0 Å². The minimum atomic E-state index is -0.711. The monoisotopic (exact) mass is 159 g/mol. The molecule has 0 aliphatic heterocycles. The van der Waals surface area contributed by atoms with E-state index in [-0.39, 0.29) is 0 Å². The number of rotatable bonds is 3. The third kappa shape index (κ3) is 28.6. The molecule has 0 heterocycles. The van der Waals surface area contributed by atoms with Crippen molar-refractivity contribution in [1.29, 1.82) is 0 Å². The molecule has 0 saturated heterocycles. The van der Waals surface area contributed by atoms with Crippen LogP contribution in [0.1, 0.15) is 19.8 Å². The molecule has 0 unspecified atom stereocenters. The number of aliphatic carboxylic acids is 1. The van der Waals surface area contributed by atoms with Crippen molar-refractivity contribution in [2.45, 2.75) is 19.8 Å². The molecule has 0 fully saturated rings. The van der Waals surface area contributed by atoms with Crippen LogP contribution in [0.25, 0.3) is 0 Å². The summed E-state index contributed by atoms with van der Waals surface area (Å²) in [4.78, 5) is 19.1. The number of hydrogen-bond donors (Lipinski definition) is 2. The Morgan fingerprint density at radius 3 is 2.00 bits per heavy atom. The Morgan fingerprint density at radius 2 is 2.00 bits per heavy atom. The van der Waals surface area contributed by atoms with Gasteiger partial charge in [-0.25, -0.2) is 0 Å². The predicted molar refractivity (Wildman–Crippen MR) is 41.9 cm³/mol. The van der Waals surface area contributed by atoms with E-state index in [0.717, 1.165) is 12.5 Å². The van der Waals surface area contributed by atoms with Crippen LogP contribution < -0.4 is 5.73 Å². The van der Waals surface area contributed by atoms with E-state index < -0.39 is 11.9 Å². The summed E-state index contributed by atoms with van der Waals surface area (Å²) in [6.07, 6.45) is 2.08. The van der Waals surface area contributed by atoms with E-state index in [4.69, 9.17) is 5.11 Å². The van der Waals surface area contributed by atoms with Gasteiger partial charge < -0.3 is 10.8 Å². The molecule has 4 nitrogen and oxygen atoms in total. The molecule has 11 heavy (non-hydrogen) atoms. The van der Waals surface area contributed by atoms with Crippen molar-refractivity contribution < 1.29 is 14.7 Å². The zero-order valence-corrected chi connectivity index (χ0v) is 6.54. The first-order valence-corrected chi connectivity index (χ1v) is 3.18.